The number of fused-ring (bicyclic) bond motifs is 1. The molecule has 6 nitrogen and oxygen atoms in total. The van der Waals surface area contributed by atoms with Gasteiger partial charge in [-0.05, 0) is 35.9 Å². The van der Waals surface area contributed by atoms with Gasteiger partial charge in [-0.15, -0.1) is 0 Å². The van der Waals surface area contributed by atoms with Crippen molar-refractivity contribution >= 4 is 22.5 Å². The Bertz CT molecular complexity index is 1380. The van der Waals surface area contributed by atoms with Crippen LogP contribution < -0.4 is 10.1 Å². The normalized spacial score (nSPS) is 11.0. The van der Waals surface area contributed by atoms with Gasteiger partial charge in [-0.1, -0.05) is 48.5 Å². The van der Waals surface area contributed by atoms with Crippen molar-refractivity contribution in [3.8, 4) is 22.6 Å². The molecule has 3 aromatic carbocycles. The van der Waals surface area contributed by atoms with Crippen LogP contribution in [0.15, 0.2) is 91.4 Å². The number of hydrogen-bond acceptors (Lipinski definition) is 5. The van der Waals surface area contributed by atoms with Gasteiger partial charge < -0.3 is 19.4 Å². The van der Waals surface area contributed by atoms with E-state index in [1.54, 1.807) is 20.5 Å². The molecule has 5 rings (SSSR count). The van der Waals surface area contributed by atoms with Crippen LogP contribution in [0.2, 0.25) is 0 Å². The summed E-state index contributed by atoms with van der Waals surface area (Å²) in [4.78, 5) is 9.29. The lowest BCUT2D eigenvalue weighted by Gasteiger charge is -2.12. The summed E-state index contributed by atoms with van der Waals surface area (Å²) >= 11 is 0. The van der Waals surface area contributed by atoms with Crippen molar-refractivity contribution in [2.45, 2.75) is 6.61 Å². The van der Waals surface area contributed by atoms with Gasteiger partial charge >= 0.3 is 0 Å². The van der Waals surface area contributed by atoms with Crippen LogP contribution in [0.5, 0.6) is 5.75 Å². The monoisotopic (exact) mass is 436 g/mol. The quantitative estimate of drug-likeness (QED) is 0.340. The molecule has 0 unspecified atom stereocenters. The maximum atomic E-state index is 5.38. The molecule has 0 spiro atoms. The summed E-state index contributed by atoms with van der Waals surface area (Å²) in [5, 5.41) is 4.48. The summed E-state index contributed by atoms with van der Waals surface area (Å²) in [6.45, 7) is 0.510. The van der Waals surface area contributed by atoms with E-state index in [4.69, 9.17) is 9.47 Å². The second-order valence-electron chi connectivity index (χ2n) is 7.61. The van der Waals surface area contributed by atoms with Gasteiger partial charge in [0.1, 0.15) is 17.9 Å². The van der Waals surface area contributed by atoms with Crippen LogP contribution in [0.1, 0.15) is 5.56 Å². The Hall–Kier alpha value is -4.16. The number of rotatable bonds is 7. The van der Waals surface area contributed by atoms with E-state index >= 15 is 0 Å². The second-order valence-corrected chi connectivity index (χ2v) is 7.61. The zero-order chi connectivity index (χ0) is 22.6. The maximum Gasteiger partial charge on any atom is 0.150 e. The molecule has 0 saturated heterocycles. The Balaban J connectivity index is 1.70. The number of ether oxygens (including phenoxy) is 2. The van der Waals surface area contributed by atoms with Crippen molar-refractivity contribution in [1.82, 2.24) is 14.5 Å². The third-order valence-corrected chi connectivity index (χ3v) is 5.59. The highest BCUT2D eigenvalue weighted by Crippen LogP contribution is 2.37. The highest BCUT2D eigenvalue weighted by Gasteiger charge is 2.18. The van der Waals surface area contributed by atoms with E-state index in [0.29, 0.717) is 6.61 Å². The molecule has 0 aliphatic rings. The molecule has 2 heterocycles. The molecule has 6 heteroatoms. The van der Waals surface area contributed by atoms with E-state index in [1.165, 1.54) is 0 Å². The lowest BCUT2D eigenvalue weighted by Crippen LogP contribution is -2.01. The summed E-state index contributed by atoms with van der Waals surface area (Å²) in [6.07, 6.45) is 3.71. The molecule has 5 aromatic rings. The Morgan fingerprint density at radius 1 is 0.848 bits per heavy atom. The fourth-order valence-corrected chi connectivity index (χ4v) is 3.98. The molecule has 0 fully saturated rings. The summed E-state index contributed by atoms with van der Waals surface area (Å²) in [5.74, 6) is 1.56. The standard InChI is InChI=1S/C27H24N4O2/c1-32-17-20-10-6-7-11-24(20)30-26-25-23(19-8-4-3-5-9-19)16-31(27(25)29-18-28-26)21-12-14-22(33-2)15-13-21/h3-16,18H,17H2,1-2H3,(H,28,29,30). The van der Waals surface area contributed by atoms with Gasteiger partial charge in [0.05, 0.1) is 19.1 Å². The Morgan fingerprint density at radius 3 is 2.36 bits per heavy atom. The zero-order valence-corrected chi connectivity index (χ0v) is 18.5. The van der Waals surface area contributed by atoms with Crippen LogP contribution in [0.3, 0.4) is 0 Å². The Labute approximate surface area is 192 Å². The average Bonchev–Trinajstić information content (AvgIpc) is 3.27. The van der Waals surface area contributed by atoms with Crippen LogP contribution in [-0.2, 0) is 11.3 Å². The van der Waals surface area contributed by atoms with Crippen LogP contribution in [0.4, 0.5) is 11.5 Å². The molecule has 164 valence electrons. The van der Waals surface area contributed by atoms with Crippen LogP contribution in [-0.4, -0.2) is 28.8 Å². The lowest BCUT2D eigenvalue weighted by molar-refractivity contribution is 0.185. The minimum atomic E-state index is 0.510. The van der Waals surface area contributed by atoms with Crippen molar-refractivity contribution in [2.24, 2.45) is 0 Å². The number of benzene rings is 3. The topological polar surface area (TPSA) is 61.2 Å². The molecule has 0 radical (unpaired) electrons. The number of anilines is 2. The van der Waals surface area contributed by atoms with Crippen molar-refractivity contribution in [3.63, 3.8) is 0 Å². The first kappa shape index (κ1) is 20.7. The van der Waals surface area contributed by atoms with Crippen molar-refractivity contribution < 1.29 is 9.47 Å². The zero-order valence-electron chi connectivity index (χ0n) is 18.5. The molecule has 0 aliphatic carbocycles. The fraction of sp³-hybridized carbons (Fsp3) is 0.111. The van der Waals surface area contributed by atoms with E-state index in [0.717, 1.165) is 50.7 Å². The number of aromatic nitrogens is 3. The molecule has 0 atom stereocenters. The van der Waals surface area contributed by atoms with Gasteiger partial charge in [-0.3, -0.25) is 0 Å². The van der Waals surface area contributed by atoms with E-state index in [-0.39, 0.29) is 0 Å². The van der Waals surface area contributed by atoms with Gasteiger partial charge in [0, 0.05) is 35.8 Å². The smallest absolute Gasteiger partial charge is 0.150 e. The maximum absolute atomic E-state index is 5.38. The number of para-hydroxylation sites is 1. The number of nitrogens with one attached hydrogen (secondary N) is 1. The van der Waals surface area contributed by atoms with Crippen molar-refractivity contribution in [1.29, 1.82) is 0 Å². The summed E-state index contributed by atoms with van der Waals surface area (Å²) < 4.78 is 12.8. The SMILES string of the molecule is COCc1ccccc1Nc1ncnc2c1c(-c1ccccc1)cn2-c1ccc(OC)cc1. The first-order valence-electron chi connectivity index (χ1n) is 10.7. The minimum absolute atomic E-state index is 0.510. The molecule has 2 aromatic heterocycles. The predicted octanol–water partition coefficient (Wildman–Crippen LogP) is 5.99. The molecular formula is C27H24N4O2. The largest absolute Gasteiger partial charge is 0.497 e. The van der Waals surface area contributed by atoms with Crippen molar-refractivity contribution in [2.75, 3.05) is 19.5 Å². The molecule has 0 amide bonds. The highest BCUT2D eigenvalue weighted by molar-refractivity contribution is 6.03. The molecule has 1 N–H and O–H groups in total. The minimum Gasteiger partial charge on any atom is -0.497 e. The second kappa shape index (κ2) is 9.14. The average molecular weight is 437 g/mol. The first-order valence-corrected chi connectivity index (χ1v) is 10.7. The number of nitrogens with zero attached hydrogens (tertiary/aromatic N) is 3. The van der Waals surface area contributed by atoms with Gasteiger partial charge in [0.25, 0.3) is 0 Å². The van der Waals surface area contributed by atoms with Crippen LogP contribution >= 0.6 is 0 Å². The van der Waals surface area contributed by atoms with Crippen LogP contribution in [0, 0.1) is 0 Å². The van der Waals surface area contributed by atoms with E-state index < -0.39 is 0 Å². The molecule has 33 heavy (non-hydrogen) atoms. The summed E-state index contributed by atoms with van der Waals surface area (Å²) in [6, 6.07) is 26.3. The number of methoxy groups -OCH3 is 2. The van der Waals surface area contributed by atoms with E-state index in [2.05, 4.69) is 38.2 Å². The van der Waals surface area contributed by atoms with E-state index in [9.17, 15) is 0 Å². The van der Waals surface area contributed by atoms with Gasteiger partial charge in [0.15, 0.2) is 5.65 Å². The highest BCUT2D eigenvalue weighted by atomic mass is 16.5. The van der Waals surface area contributed by atoms with Gasteiger partial charge in [0.2, 0.25) is 0 Å². The first-order chi connectivity index (χ1) is 16.3. The predicted molar refractivity (Wildman–Crippen MR) is 131 cm³/mol. The van der Waals surface area contributed by atoms with Crippen LogP contribution in [0.25, 0.3) is 27.8 Å². The van der Waals surface area contributed by atoms with Gasteiger partial charge in [-0.25, -0.2) is 9.97 Å². The summed E-state index contributed by atoms with van der Waals surface area (Å²) in [7, 11) is 3.36. The molecular weight excluding hydrogens is 412 g/mol. The fourth-order valence-electron chi connectivity index (χ4n) is 3.98. The van der Waals surface area contributed by atoms with Gasteiger partial charge in [-0.2, -0.15) is 0 Å². The third-order valence-electron chi connectivity index (χ3n) is 5.59. The lowest BCUT2D eigenvalue weighted by atomic mass is 10.1. The molecule has 0 aliphatic heterocycles. The van der Waals surface area contributed by atoms with Crippen molar-refractivity contribution in [3.05, 3.63) is 97.0 Å². The van der Waals surface area contributed by atoms with E-state index in [1.807, 2.05) is 66.7 Å². The Kier molecular flexibility index (Phi) is 5.74. The summed E-state index contributed by atoms with van der Waals surface area (Å²) in [5.41, 5.74) is 5.97. The molecule has 0 saturated carbocycles. The number of hydrogen-bond donors (Lipinski definition) is 1. The third kappa shape index (κ3) is 4.04. The Morgan fingerprint density at radius 2 is 1.61 bits per heavy atom. The molecule has 0 bridgehead atoms.